The Morgan fingerprint density at radius 3 is 2.43 bits per heavy atom. The van der Waals surface area contributed by atoms with Gasteiger partial charge in [0.1, 0.15) is 5.75 Å². The number of carbonyl (C=O) groups excluding carboxylic acids is 1. The van der Waals surface area contributed by atoms with Gasteiger partial charge in [-0.2, -0.15) is 0 Å². The summed E-state index contributed by atoms with van der Waals surface area (Å²) in [6, 6.07) is 25.9. The molecule has 1 amide bonds. The zero-order valence-corrected chi connectivity index (χ0v) is 20.7. The average Bonchev–Trinajstić information content (AvgIpc) is 3.30. The van der Waals surface area contributed by atoms with Crippen LogP contribution in [-0.4, -0.2) is 33.5 Å². The minimum Gasteiger partial charge on any atom is -0.497 e. The van der Waals surface area contributed by atoms with E-state index in [1.165, 1.54) is 17.3 Å². The highest BCUT2D eigenvalue weighted by atomic mass is 32.2. The third-order valence-electron chi connectivity index (χ3n) is 5.51. The molecule has 0 aliphatic carbocycles. The molecule has 3 aromatic carbocycles. The molecule has 0 radical (unpaired) electrons. The van der Waals surface area contributed by atoms with Gasteiger partial charge in [0.05, 0.1) is 13.7 Å². The summed E-state index contributed by atoms with van der Waals surface area (Å²) in [4.78, 5) is 12.4. The van der Waals surface area contributed by atoms with Crippen LogP contribution in [0, 0.1) is 6.92 Å². The number of para-hydroxylation sites is 2. The fourth-order valence-electron chi connectivity index (χ4n) is 3.56. The van der Waals surface area contributed by atoms with Gasteiger partial charge in [-0.05, 0) is 48.4 Å². The zero-order chi connectivity index (χ0) is 24.5. The predicted molar refractivity (Wildman–Crippen MR) is 140 cm³/mol. The van der Waals surface area contributed by atoms with Crippen molar-refractivity contribution in [3.63, 3.8) is 0 Å². The second kappa shape index (κ2) is 12.1. The van der Waals surface area contributed by atoms with Crippen LogP contribution in [-0.2, 0) is 17.9 Å². The monoisotopic (exact) mass is 487 g/mol. The first-order valence-electron chi connectivity index (χ1n) is 11.5. The van der Waals surface area contributed by atoms with Gasteiger partial charge in [-0.25, -0.2) is 0 Å². The highest BCUT2D eigenvalue weighted by Gasteiger charge is 2.15. The summed E-state index contributed by atoms with van der Waals surface area (Å²) in [6.07, 6.45) is 0.388. The first-order chi connectivity index (χ1) is 17.1. The number of aryl methyl sites for hydroxylation is 1. The Morgan fingerprint density at radius 2 is 1.69 bits per heavy atom. The fourth-order valence-corrected chi connectivity index (χ4v) is 4.47. The van der Waals surface area contributed by atoms with Crippen LogP contribution >= 0.6 is 11.8 Å². The number of anilines is 1. The number of aromatic nitrogens is 3. The maximum atomic E-state index is 12.4. The fraction of sp³-hybridized carbons (Fsp3) is 0.222. The lowest BCUT2D eigenvalue weighted by molar-refractivity contribution is -0.120. The summed E-state index contributed by atoms with van der Waals surface area (Å²) in [5, 5.41) is 16.1. The van der Waals surface area contributed by atoms with Gasteiger partial charge < -0.3 is 15.4 Å². The number of carbonyl (C=O) groups is 1. The van der Waals surface area contributed by atoms with E-state index in [1.807, 2.05) is 71.3 Å². The van der Waals surface area contributed by atoms with Crippen molar-refractivity contribution in [3.8, 4) is 11.4 Å². The highest BCUT2D eigenvalue weighted by molar-refractivity contribution is 7.99. The van der Waals surface area contributed by atoms with Crippen molar-refractivity contribution < 1.29 is 9.53 Å². The van der Waals surface area contributed by atoms with E-state index in [0.717, 1.165) is 33.7 Å². The molecule has 0 saturated heterocycles. The lowest BCUT2D eigenvalue weighted by atomic mass is 10.2. The molecule has 35 heavy (non-hydrogen) atoms. The molecule has 8 heteroatoms. The lowest BCUT2D eigenvalue weighted by Gasteiger charge is -2.12. The van der Waals surface area contributed by atoms with Crippen molar-refractivity contribution in [3.05, 3.63) is 95.8 Å². The van der Waals surface area contributed by atoms with E-state index in [4.69, 9.17) is 4.74 Å². The Kier molecular flexibility index (Phi) is 8.40. The summed E-state index contributed by atoms with van der Waals surface area (Å²) < 4.78 is 7.22. The summed E-state index contributed by atoms with van der Waals surface area (Å²) in [7, 11) is 1.64. The second-order valence-corrected chi connectivity index (χ2v) is 9.02. The van der Waals surface area contributed by atoms with E-state index >= 15 is 0 Å². The summed E-state index contributed by atoms with van der Waals surface area (Å²) in [5.41, 5.74) is 4.26. The number of ether oxygens (including phenoxy) is 1. The Balaban J connectivity index is 1.36. The van der Waals surface area contributed by atoms with Gasteiger partial charge in [-0.3, -0.25) is 9.36 Å². The molecule has 0 bridgehead atoms. The summed E-state index contributed by atoms with van der Waals surface area (Å²) in [6.45, 7) is 3.10. The maximum absolute atomic E-state index is 12.4. The van der Waals surface area contributed by atoms with E-state index in [2.05, 4.69) is 39.9 Å². The van der Waals surface area contributed by atoms with Crippen LogP contribution in [0.1, 0.15) is 23.4 Å². The largest absolute Gasteiger partial charge is 0.497 e. The molecule has 0 spiro atoms. The van der Waals surface area contributed by atoms with Gasteiger partial charge in [0.25, 0.3) is 0 Å². The SMILES string of the molecule is COc1ccc(CNC(=O)CCSc2nnc(CNc3ccccc3C)n2-c2ccccc2)cc1. The molecule has 0 fully saturated rings. The first-order valence-corrected chi connectivity index (χ1v) is 12.4. The lowest BCUT2D eigenvalue weighted by Crippen LogP contribution is -2.23. The molecule has 180 valence electrons. The van der Waals surface area contributed by atoms with Crippen LogP contribution in [0.15, 0.2) is 84.0 Å². The van der Waals surface area contributed by atoms with Crippen LogP contribution in [0.3, 0.4) is 0 Å². The first kappa shape index (κ1) is 24.3. The zero-order valence-electron chi connectivity index (χ0n) is 19.9. The molecule has 0 saturated carbocycles. The Hall–Kier alpha value is -3.78. The number of methoxy groups -OCH3 is 1. The third-order valence-corrected chi connectivity index (χ3v) is 6.44. The quantitative estimate of drug-likeness (QED) is 0.290. The number of rotatable bonds is 11. The average molecular weight is 488 g/mol. The van der Waals surface area contributed by atoms with Crippen molar-refractivity contribution in [2.24, 2.45) is 0 Å². The van der Waals surface area contributed by atoms with Crippen molar-refractivity contribution in [2.75, 3.05) is 18.2 Å². The maximum Gasteiger partial charge on any atom is 0.221 e. The summed E-state index contributed by atoms with van der Waals surface area (Å²) >= 11 is 1.53. The molecule has 0 aliphatic rings. The van der Waals surface area contributed by atoms with Crippen LogP contribution < -0.4 is 15.4 Å². The van der Waals surface area contributed by atoms with Crippen molar-refractivity contribution >= 4 is 23.4 Å². The molecular formula is C27H29N5O2S. The van der Waals surface area contributed by atoms with E-state index < -0.39 is 0 Å². The second-order valence-electron chi connectivity index (χ2n) is 7.96. The Bertz CT molecular complexity index is 1240. The molecule has 4 rings (SSSR count). The van der Waals surface area contributed by atoms with Crippen LogP contribution in [0.2, 0.25) is 0 Å². The number of hydrogen-bond donors (Lipinski definition) is 2. The van der Waals surface area contributed by atoms with Gasteiger partial charge in [0.2, 0.25) is 5.91 Å². The van der Waals surface area contributed by atoms with Gasteiger partial charge in [0, 0.05) is 30.1 Å². The van der Waals surface area contributed by atoms with E-state index in [1.54, 1.807) is 7.11 Å². The molecule has 4 aromatic rings. The molecule has 0 aliphatic heterocycles. The number of hydrogen-bond acceptors (Lipinski definition) is 6. The third kappa shape index (κ3) is 6.64. The highest BCUT2D eigenvalue weighted by Crippen LogP contribution is 2.24. The number of nitrogens with one attached hydrogen (secondary N) is 2. The normalized spacial score (nSPS) is 10.7. The van der Waals surface area contributed by atoms with Crippen LogP contribution in [0.4, 0.5) is 5.69 Å². The Labute approximate surface area is 209 Å². The molecule has 0 unspecified atom stereocenters. The topological polar surface area (TPSA) is 81.1 Å². The molecule has 1 heterocycles. The smallest absolute Gasteiger partial charge is 0.221 e. The molecule has 7 nitrogen and oxygen atoms in total. The molecule has 1 aromatic heterocycles. The van der Waals surface area contributed by atoms with Gasteiger partial charge >= 0.3 is 0 Å². The number of amides is 1. The Morgan fingerprint density at radius 1 is 0.943 bits per heavy atom. The standard InChI is InChI=1S/C27H29N5O2S/c1-20-8-6-7-11-24(20)28-19-25-30-31-27(32(25)22-9-4-3-5-10-22)35-17-16-26(33)29-18-21-12-14-23(34-2)15-13-21/h3-15,28H,16-19H2,1-2H3,(H,29,33). The predicted octanol–water partition coefficient (Wildman–Crippen LogP) is 5.00. The van der Waals surface area contributed by atoms with Crippen molar-refractivity contribution in [1.29, 1.82) is 0 Å². The number of benzene rings is 3. The van der Waals surface area contributed by atoms with Gasteiger partial charge in [0.15, 0.2) is 11.0 Å². The minimum atomic E-state index is 0.000498. The van der Waals surface area contributed by atoms with Crippen molar-refractivity contribution in [1.82, 2.24) is 20.1 Å². The van der Waals surface area contributed by atoms with Gasteiger partial charge in [-0.1, -0.05) is 60.3 Å². The minimum absolute atomic E-state index is 0.000498. The van der Waals surface area contributed by atoms with Gasteiger partial charge in [-0.15, -0.1) is 10.2 Å². The van der Waals surface area contributed by atoms with E-state index in [0.29, 0.717) is 25.3 Å². The van der Waals surface area contributed by atoms with Crippen molar-refractivity contribution in [2.45, 2.75) is 31.6 Å². The van der Waals surface area contributed by atoms with E-state index in [9.17, 15) is 4.79 Å². The molecular weight excluding hydrogens is 458 g/mol. The van der Waals surface area contributed by atoms with E-state index in [-0.39, 0.29) is 5.91 Å². The molecule has 2 N–H and O–H groups in total. The number of nitrogens with zero attached hydrogens (tertiary/aromatic N) is 3. The van der Waals surface area contributed by atoms with Crippen LogP contribution in [0.5, 0.6) is 5.75 Å². The molecule has 0 atom stereocenters. The summed E-state index contributed by atoms with van der Waals surface area (Å²) in [5.74, 6) is 2.21. The van der Waals surface area contributed by atoms with Crippen LogP contribution in [0.25, 0.3) is 5.69 Å². The number of thioether (sulfide) groups is 1.